The molecule has 0 radical (unpaired) electrons. The van der Waals surface area contributed by atoms with E-state index >= 15 is 0 Å². The van der Waals surface area contributed by atoms with E-state index in [4.69, 9.17) is 21.1 Å². The Kier molecular flexibility index (Phi) is 7.12. The molecule has 0 aromatic heterocycles. The Balaban J connectivity index is 1.86. The van der Waals surface area contributed by atoms with Gasteiger partial charge < -0.3 is 20.1 Å². The molecule has 1 fully saturated rings. The van der Waals surface area contributed by atoms with Crippen LogP contribution in [0.1, 0.15) is 40.0 Å². The van der Waals surface area contributed by atoms with E-state index in [0.29, 0.717) is 42.3 Å². The first-order chi connectivity index (χ1) is 13.1. The lowest BCUT2D eigenvalue weighted by molar-refractivity contribution is -0.118. The number of hydrogen-bond acceptors (Lipinski definition) is 5. The number of hydrogen-bond donors (Lipinski definition) is 2. The summed E-state index contributed by atoms with van der Waals surface area (Å²) in [5.74, 6) is 0.0285. The first-order valence-corrected chi connectivity index (χ1v) is 9.45. The smallest absolute Gasteiger partial charge is 0.407 e. The van der Waals surface area contributed by atoms with E-state index in [0.717, 1.165) is 4.90 Å². The summed E-state index contributed by atoms with van der Waals surface area (Å²) in [7, 11) is 1.46. The Morgan fingerprint density at radius 1 is 1.29 bits per heavy atom. The summed E-state index contributed by atoms with van der Waals surface area (Å²) in [4.78, 5) is 37.6. The number of methoxy groups -OCH3 is 1. The largest absolute Gasteiger partial charge is 0.495 e. The van der Waals surface area contributed by atoms with Crippen LogP contribution in [-0.4, -0.2) is 43.3 Å². The first kappa shape index (κ1) is 21.8. The number of carbonyl (C=O) groups is 3. The van der Waals surface area contributed by atoms with Crippen molar-refractivity contribution in [2.45, 2.75) is 51.7 Å². The molecule has 2 rings (SSSR count). The lowest BCUT2D eigenvalue weighted by Crippen LogP contribution is -2.33. The summed E-state index contributed by atoms with van der Waals surface area (Å²) in [5.41, 5.74) is -0.234. The van der Waals surface area contributed by atoms with Crippen LogP contribution in [0.3, 0.4) is 0 Å². The van der Waals surface area contributed by atoms with Crippen molar-refractivity contribution in [1.82, 2.24) is 10.6 Å². The standard InChI is InChI=1S/C19H26ClN3O5/c1-19(2,3)28-18(26)21-10-6-5-7-13-16(24)23(17(25)22-13)14-11-12(20)8-9-15(14)27-4/h8-9,11,13H,5-7,10H2,1-4H3,(H,21,26)(H,22,25)/t13-/m0/s1. The molecule has 0 unspecified atom stereocenters. The lowest BCUT2D eigenvalue weighted by Gasteiger charge is -2.19. The van der Waals surface area contributed by atoms with Crippen LogP contribution in [0, 0.1) is 0 Å². The van der Waals surface area contributed by atoms with Crippen molar-refractivity contribution < 1.29 is 23.9 Å². The number of benzene rings is 1. The highest BCUT2D eigenvalue weighted by atomic mass is 35.5. The number of anilines is 1. The van der Waals surface area contributed by atoms with E-state index in [1.54, 1.807) is 32.9 Å². The molecule has 0 aliphatic carbocycles. The van der Waals surface area contributed by atoms with E-state index in [9.17, 15) is 14.4 Å². The Hall–Kier alpha value is -2.48. The molecule has 1 atom stereocenters. The summed E-state index contributed by atoms with van der Waals surface area (Å²) in [6.07, 6.45) is 1.28. The van der Waals surface area contributed by atoms with Crippen molar-refractivity contribution in [3.8, 4) is 5.75 Å². The van der Waals surface area contributed by atoms with Crippen molar-refractivity contribution in [1.29, 1.82) is 0 Å². The fraction of sp³-hybridized carbons (Fsp3) is 0.526. The molecule has 4 amide bonds. The molecule has 0 bridgehead atoms. The zero-order valence-electron chi connectivity index (χ0n) is 16.5. The second-order valence-electron chi connectivity index (χ2n) is 7.42. The SMILES string of the molecule is COc1ccc(Cl)cc1N1C(=O)N[C@@H](CCCCNC(=O)OC(C)(C)C)C1=O. The number of imide groups is 1. The van der Waals surface area contributed by atoms with Gasteiger partial charge in [-0.25, -0.2) is 14.5 Å². The summed E-state index contributed by atoms with van der Waals surface area (Å²) in [6.45, 7) is 5.81. The minimum Gasteiger partial charge on any atom is -0.495 e. The minimum absolute atomic E-state index is 0.312. The molecule has 1 aliphatic heterocycles. The van der Waals surface area contributed by atoms with Gasteiger partial charge in [0, 0.05) is 11.6 Å². The maximum atomic E-state index is 12.7. The Labute approximate surface area is 169 Å². The van der Waals surface area contributed by atoms with Crippen molar-refractivity contribution in [2.24, 2.45) is 0 Å². The average Bonchev–Trinajstić information content (AvgIpc) is 2.86. The van der Waals surface area contributed by atoms with Crippen molar-refractivity contribution >= 4 is 35.3 Å². The van der Waals surface area contributed by atoms with Gasteiger partial charge >= 0.3 is 12.1 Å². The summed E-state index contributed by atoms with van der Waals surface area (Å²) in [5, 5.41) is 5.74. The minimum atomic E-state index is -0.627. The number of carbonyl (C=O) groups excluding carboxylic acids is 3. The topological polar surface area (TPSA) is 97.0 Å². The van der Waals surface area contributed by atoms with Crippen LogP contribution in [0.15, 0.2) is 18.2 Å². The predicted molar refractivity (Wildman–Crippen MR) is 106 cm³/mol. The molecule has 154 valence electrons. The molecular weight excluding hydrogens is 386 g/mol. The number of unbranched alkanes of at least 4 members (excludes halogenated alkanes) is 1. The second-order valence-corrected chi connectivity index (χ2v) is 7.85. The van der Waals surface area contributed by atoms with Gasteiger partial charge in [0.15, 0.2) is 0 Å². The molecule has 0 saturated carbocycles. The van der Waals surface area contributed by atoms with Crippen molar-refractivity contribution in [2.75, 3.05) is 18.6 Å². The summed E-state index contributed by atoms with van der Waals surface area (Å²) in [6, 6.07) is 3.61. The number of alkyl carbamates (subject to hydrolysis) is 1. The molecule has 2 N–H and O–H groups in total. The highest BCUT2D eigenvalue weighted by Gasteiger charge is 2.39. The van der Waals surface area contributed by atoms with Crippen LogP contribution in [0.4, 0.5) is 15.3 Å². The van der Waals surface area contributed by atoms with Gasteiger partial charge in [0.2, 0.25) is 0 Å². The molecule has 1 aromatic rings. The third-order valence-electron chi connectivity index (χ3n) is 3.99. The number of rotatable bonds is 7. The number of nitrogens with one attached hydrogen (secondary N) is 2. The van der Waals surface area contributed by atoms with Gasteiger partial charge in [0.05, 0.1) is 12.8 Å². The number of ether oxygens (including phenoxy) is 2. The predicted octanol–water partition coefficient (Wildman–Crippen LogP) is 3.47. The Morgan fingerprint density at radius 2 is 2.00 bits per heavy atom. The van der Waals surface area contributed by atoms with Crippen LogP contribution >= 0.6 is 11.6 Å². The van der Waals surface area contributed by atoms with Gasteiger partial charge in [-0.2, -0.15) is 0 Å². The molecule has 1 saturated heterocycles. The summed E-state index contributed by atoms with van der Waals surface area (Å²) >= 11 is 6.00. The average molecular weight is 412 g/mol. The van der Waals surface area contributed by atoms with Crippen molar-refractivity contribution in [3.63, 3.8) is 0 Å². The van der Waals surface area contributed by atoms with Crippen LogP contribution in [0.2, 0.25) is 5.02 Å². The third-order valence-corrected chi connectivity index (χ3v) is 4.22. The first-order valence-electron chi connectivity index (χ1n) is 9.07. The number of amides is 4. The highest BCUT2D eigenvalue weighted by molar-refractivity contribution is 6.31. The highest BCUT2D eigenvalue weighted by Crippen LogP contribution is 2.33. The molecule has 1 heterocycles. The van der Waals surface area contributed by atoms with Gasteiger partial charge in [-0.1, -0.05) is 11.6 Å². The molecule has 1 aliphatic rings. The van der Waals surface area contributed by atoms with Gasteiger partial charge in [0.1, 0.15) is 17.4 Å². The lowest BCUT2D eigenvalue weighted by atomic mass is 10.1. The fourth-order valence-corrected chi connectivity index (χ4v) is 2.94. The second kappa shape index (κ2) is 9.14. The van der Waals surface area contributed by atoms with Gasteiger partial charge in [-0.15, -0.1) is 0 Å². The Morgan fingerprint density at radius 3 is 2.64 bits per heavy atom. The van der Waals surface area contributed by atoms with Crippen LogP contribution in [0.25, 0.3) is 0 Å². The maximum Gasteiger partial charge on any atom is 0.407 e. The van der Waals surface area contributed by atoms with Gasteiger partial charge in [-0.3, -0.25) is 4.79 Å². The van der Waals surface area contributed by atoms with E-state index < -0.39 is 23.8 Å². The van der Waals surface area contributed by atoms with Crippen LogP contribution in [-0.2, 0) is 9.53 Å². The third kappa shape index (κ3) is 5.76. The normalized spacial score (nSPS) is 16.8. The number of nitrogens with zero attached hydrogens (tertiary/aromatic N) is 1. The molecule has 8 nitrogen and oxygen atoms in total. The zero-order chi connectivity index (χ0) is 20.9. The zero-order valence-corrected chi connectivity index (χ0v) is 17.3. The maximum absolute atomic E-state index is 12.7. The van der Waals surface area contributed by atoms with E-state index in [2.05, 4.69) is 10.6 Å². The number of urea groups is 1. The quantitative estimate of drug-likeness (QED) is 0.529. The van der Waals surface area contributed by atoms with E-state index in [1.165, 1.54) is 13.2 Å². The molecule has 0 spiro atoms. The molecule has 1 aromatic carbocycles. The van der Waals surface area contributed by atoms with Crippen LogP contribution in [0.5, 0.6) is 5.75 Å². The molecule has 28 heavy (non-hydrogen) atoms. The van der Waals surface area contributed by atoms with Gasteiger partial charge in [0.25, 0.3) is 5.91 Å². The van der Waals surface area contributed by atoms with Crippen molar-refractivity contribution in [3.05, 3.63) is 23.2 Å². The van der Waals surface area contributed by atoms with E-state index in [1.807, 2.05) is 0 Å². The van der Waals surface area contributed by atoms with E-state index in [-0.39, 0.29) is 5.91 Å². The van der Waals surface area contributed by atoms with Gasteiger partial charge in [-0.05, 0) is 58.2 Å². The summed E-state index contributed by atoms with van der Waals surface area (Å²) < 4.78 is 10.4. The molecular formula is C19H26ClN3O5. The monoisotopic (exact) mass is 411 g/mol. The Bertz CT molecular complexity index is 748. The fourth-order valence-electron chi connectivity index (χ4n) is 2.77. The van der Waals surface area contributed by atoms with Crippen LogP contribution < -0.4 is 20.3 Å². The number of halogens is 1. The molecule has 9 heteroatoms.